The summed E-state index contributed by atoms with van der Waals surface area (Å²) >= 11 is 0. The Labute approximate surface area is 134 Å². The fourth-order valence-electron chi connectivity index (χ4n) is 1.46. The van der Waals surface area contributed by atoms with Gasteiger partial charge >= 0.3 is 5.97 Å². The highest BCUT2D eigenvalue weighted by atomic mass is 17.2. The predicted octanol–water partition coefficient (Wildman–Crippen LogP) is 1.42. The van der Waals surface area contributed by atoms with E-state index in [-0.39, 0.29) is 13.2 Å². The quantitative estimate of drug-likeness (QED) is 0.144. The van der Waals surface area contributed by atoms with Crippen LogP contribution in [0.5, 0.6) is 5.75 Å². The van der Waals surface area contributed by atoms with Crippen molar-refractivity contribution in [2.75, 3.05) is 40.1 Å². The molecule has 0 heterocycles. The molecule has 0 aliphatic heterocycles. The van der Waals surface area contributed by atoms with Crippen molar-refractivity contribution in [3.63, 3.8) is 0 Å². The number of esters is 1. The molecule has 0 unspecified atom stereocenters. The van der Waals surface area contributed by atoms with Crippen LogP contribution in [0, 0.1) is 0 Å². The van der Waals surface area contributed by atoms with Gasteiger partial charge in [0, 0.05) is 6.08 Å². The van der Waals surface area contributed by atoms with Crippen LogP contribution in [0.4, 0.5) is 0 Å². The third kappa shape index (κ3) is 9.41. The molecule has 0 atom stereocenters. The second-order valence-electron chi connectivity index (χ2n) is 4.19. The van der Waals surface area contributed by atoms with Gasteiger partial charge in [-0.3, -0.25) is 0 Å². The number of ether oxygens (including phenoxy) is 3. The van der Waals surface area contributed by atoms with Crippen LogP contribution in [-0.4, -0.2) is 52.4 Å². The Kier molecular flexibility index (Phi) is 10.1. The Hall–Kier alpha value is -2.22. The van der Waals surface area contributed by atoms with Gasteiger partial charge in [0.2, 0.25) is 0 Å². The van der Waals surface area contributed by atoms with Crippen LogP contribution in [-0.2, 0) is 28.7 Å². The van der Waals surface area contributed by atoms with E-state index in [1.807, 2.05) is 6.07 Å². The second kappa shape index (κ2) is 12.3. The van der Waals surface area contributed by atoms with Gasteiger partial charge in [-0.2, -0.15) is 4.89 Å². The van der Waals surface area contributed by atoms with Gasteiger partial charge in [0.05, 0.1) is 26.9 Å². The molecule has 126 valence electrons. The Balaban J connectivity index is 2.19. The first-order valence-corrected chi connectivity index (χ1v) is 7.01. The van der Waals surface area contributed by atoms with E-state index in [4.69, 9.17) is 19.2 Å². The molecule has 1 aromatic carbocycles. The number of benzene rings is 1. The van der Waals surface area contributed by atoms with E-state index in [0.717, 1.165) is 5.56 Å². The number of carbonyl (C=O) groups is 2. The maximum absolute atomic E-state index is 11.0. The molecule has 0 aliphatic carbocycles. The average molecular weight is 324 g/mol. The number of rotatable bonds is 12. The molecule has 0 N–H and O–H groups in total. The van der Waals surface area contributed by atoms with Crippen LogP contribution in [0.15, 0.2) is 30.3 Å². The smallest absolute Gasteiger partial charge is 0.330 e. The highest BCUT2D eigenvalue weighted by Gasteiger charge is 1.98. The van der Waals surface area contributed by atoms with Crippen molar-refractivity contribution in [1.29, 1.82) is 0 Å². The summed E-state index contributed by atoms with van der Waals surface area (Å²) in [5, 5.41) is 0. The highest BCUT2D eigenvalue weighted by Crippen LogP contribution is 2.14. The molecular weight excluding hydrogens is 304 g/mol. The van der Waals surface area contributed by atoms with Crippen molar-refractivity contribution in [1.82, 2.24) is 0 Å². The molecule has 23 heavy (non-hydrogen) atoms. The maximum Gasteiger partial charge on any atom is 0.330 e. The molecule has 1 aromatic rings. The molecule has 0 fully saturated rings. The summed E-state index contributed by atoms with van der Waals surface area (Å²) in [6.07, 6.45) is 3.62. The number of methoxy groups -OCH3 is 1. The molecular formula is C16H20O7. The molecule has 7 nitrogen and oxygen atoms in total. The minimum atomic E-state index is -0.429. The van der Waals surface area contributed by atoms with E-state index >= 15 is 0 Å². The fourth-order valence-corrected chi connectivity index (χ4v) is 1.46. The minimum Gasteiger partial charge on any atom is -0.466 e. The third-order valence-electron chi connectivity index (χ3n) is 2.50. The number of carbonyl (C=O) groups excluding carboxylic acids is 2. The first-order valence-electron chi connectivity index (χ1n) is 7.01. The first-order chi connectivity index (χ1) is 11.3. The zero-order chi connectivity index (χ0) is 16.8. The van der Waals surface area contributed by atoms with Crippen molar-refractivity contribution in [3.8, 4) is 5.75 Å². The highest BCUT2D eigenvalue weighted by molar-refractivity contribution is 5.86. The van der Waals surface area contributed by atoms with Gasteiger partial charge in [0.15, 0.2) is 5.75 Å². The lowest BCUT2D eigenvalue weighted by molar-refractivity contribution is -0.215. The Morgan fingerprint density at radius 2 is 1.91 bits per heavy atom. The van der Waals surface area contributed by atoms with E-state index in [1.165, 1.54) is 13.2 Å². The van der Waals surface area contributed by atoms with Crippen LogP contribution in [0.2, 0.25) is 0 Å². The number of hydrogen-bond acceptors (Lipinski definition) is 7. The van der Waals surface area contributed by atoms with E-state index in [2.05, 4.69) is 4.74 Å². The van der Waals surface area contributed by atoms with Gasteiger partial charge in [0.1, 0.15) is 19.5 Å². The number of hydrogen-bond donors (Lipinski definition) is 0. The minimum absolute atomic E-state index is 0.0732. The SMILES string of the molecule is COC(=O)C=Cc1cccc(OOCCOCCOCC=O)c1. The number of aldehydes is 1. The summed E-state index contributed by atoms with van der Waals surface area (Å²) in [5.41, 5.74) is 0.778. The largest absolute Gasteiger partial charge is 0.466 e. The van der Waals surface area contributed by atoms with Crippen LogP contribution < -0.4 is 4.89 Å². The fraction of sp³-hybridized carbons (Fsp3) is 0.375. The molecule has 0 amide bonds. The summed E-state index contributed by atoms with van der Waals surface area (Å²) in [6.45, 7) is 1.39. The van der Waals surface area contributed by atoms with Crippen molar-refractivity contribution in [2.45, 2.75) is 0 Å². The molecule has 0 aliphatic rings. The van der Waals surface area contributed by atoms with Crippen LogP contribution in [0.25, 0.3) is 6.08 Å². The third-order valence-corrected chi connectivity index (χ3v) is 2.50. The first kappa shape index (κ1) is 18.8. The maximum atomic E-state index is 11.0. The normalized spacial score (nSPS) is 10.7. The summed E-state index contributed by atoms with van der Waals surface area (Å²) in [6, 6.07) is 7.03. The van der Waals surface area contributed by atoms with Gasteiger partial charge in [-0.05, 0) is 23.8 Å². The van der Waals surface area contributed by atoms with Gasteiger partial charge in [-0.1, -0.05) is 12.1 Å². The molecule has 0 spiro atoms. The standard InChI is InChI=1S/C16H20O7/c1-19-16(18)6-5-14-3-2-4-15(13-14)23-22-12-11-21-10-9-20-8-7-17/h2-7,13H,8-12H2,1H3. The summed E-state index contributed by atoms with van der Waals surface area (Å²) in [5.74, 6) is 0.0770. The zero-order valence-electron chi connectivity index (χ0n) is 12.9. The molecule has 1 rings (SSSR count). The lowest BCUT2D eigenvalue weighted by Crippen LogP contribution is -2.11. The average Bonchev–Trinajstić information content (AvgIpc) is 2.58. The molecule has 7 heteroatoms. The zero-order valence-corrected chi connectivity index (χ0v) is 12.9. The van der Waals surface area contributed by atoms with E-state index < -0.39 is 5.97 Å². The Morgan fingerprint density at radius 3 is 2.70 bits per heavy atom. The molecule has 0 saturated carbocycles. The van der Waals surface area contributed by atoms with E-state index in [0.29, 0.717) is 31.9 Å². The van der Waals surface area contributed by atoms with E-state index in [1.54, 1.807) is 24.3 Å². The summed E-state index contributed by atoms with van der Waals surface area (Å²) in [4.78, 5) is 31.1. The molecule has 0 bridgehead atoms. The molecule has 0 radical (unpaired) electrons. The van der Waals surface area contributed by atoms with Crippen molar-refractivity contribution in [2.24, 2.45) is 0 Å². The van der Waals surface area contributed by atoms with Gasteiger partial charge in [-0.15, -0.1) is 0 Å². The van der Waals surface area contributed by atoms with Crippen LogP contribution >= 0.6 is 0 Å². The van der Waals surface area contributed by atoms with Crippen molar-refractivity contribution < 1.29 is 33.6 Å². The second-order valence-corrected chi connectivity index (χ2v) is 4.19. The van der Waals surface area contributed by atoms with Crippen LogP contribution in [0.1, 0.15) is 5.56 Å². The Morgan fingerprint density at radius 1 is 1.13 bits per heavy atom. The lowest BCUT2D eigenvalue weighted by atomic mass is 10.2. The van der Waals surface area contributed by atoms with Crippen molar-refractivity contribution in [3.05, 3.63) is 35.9 Å². The summed E-state index contributed by atoms with van der Waals surface area (Å²) < 4.78 is 14.6. The van der Waals surface area contributed by atoms with E-state index in [9.17, 15) is 9.59 Å². The van der Waals surface area contributed by atoms with Gasteiger partial charge in [-0.25, -0.2) is 4.79 Å². The molecule has 0 aromatic heterocycles. The van der Waals surface area contributed by atoms with Gasteiger partial charge < -0.3 is 23.9 Å². The summed E-state index contributed by atoms with van der Waals surface area (Å²) in [7, 11) is 1.32. The predicted molar refractivity (Wildman–Crippen MR) is 81.8 cm³/mol. The monoisotopic (exact) mass is 324 g/mol. The van der Waals surface area contributed by atoms with Crippen LogP contribution in [0.3, 0.4) is 0 Å². The lowest BCUT2D eigenvalue weighted by Gasteiger charge is -2.06. The topological polar surface area (TPSA) is 80.3 Å². The Bertz CT molecular complexity index is 499. The molecule has 0 saturated heterocycles. The van der Waals surface area contributed by atoms with Gasteiger partial charge in [0.25, 0.3) is 0 Å². The van der Waals surface area contributed by atoms with Crippen molar-refractivity contribution >= 4 is 18.3 Å².